The van der Waals surface area contributed by atoms with Gasteiger partial charge in [-0.1, -0.05) is 30.3 Å². The lowest BCUT2D eigenvalue weighted by molar-refractivity contribution is -0.138. The fraction of sp³-hybridized carbons (Fsp3) is 0.278. The number of hydrogen-bond donors (Lipinski definition) is 1. The van der Waals surface area contributed by atoms with Crippen molar-refractivity contribution in [1.82, 2.24) is 4.31 Å². The maximum atomic E-state index is 12.9. The second-order valence-corrected chi connectivity index (χ2v) is 8.23. The molecule has 27 heavy (non-hydrogen) atoms. The molecule has 1 aliphatic rings. The Morgan fingerprint density at radius 1 is 1.11 bits per heavy atom. The van der Waals surface area contributed by atoms with Crippen LogP contribution in [0.25, 0.3) is 0 Å². The predicted octanol–water partition coefficient (Wildman–Crippen LogP) is 3.47. The number of rotatable bonds is 4. The summed E-state index contributed by atoms with van der Waals surface area (Å²) in [6.45, 7) is -0.183. The summed E-state index contributed by atoms with van der Waals surface area (Å²) in [6.07, 6.45) is -4.71. The third-order valence-electron chi connectivity index (χ3n) is 4.46. The monoisotopic (exact) mass is 399 g/mol. The summed E-state index contributed by atoms with van der Waals surface area (Å²) in [5.41, 5.74) is 0.0189. The molecule has 1 N–H and O–H groups in total. The molecule has 9 heteroatoms. The van der Waals surface area contributed by atoms with Gasteiger partial charge in [0.1, 0.15) is 0 Å². The molecule has 0 aliphatic carbocycles. The molecule has 1 heterocycles. The zero-order chi connectivity index (χ0) is 19.8. The molecule has 0 bridgehead atoms. The van der Waals surface area contributed by atoms with Gasteiger partial charge in [-0.15, -0.1) is 0 Å². The van der Waals surface area contributed by atoms with Crippen molar-refractivity contribution < 1.29 is 31.5 Å². The molecule has 0 spiro atoms. The van der Waals surface area contributed by atoms with Crippen molar-refractivity contribution in [2.75, 3.05) is 6.54 Å². The van der Waals surface area contributed by atoms with E-state index in [1.807, 2.05) is 0 Å². The second-order valence-electron chi connectivity index (χ2n) is 6.32. The van der Waals surface area contributed by atoms with Gasteiger partial charge in [0, 0.05) is 19.0 Å². The molecular weight excluding hydrogens is 383 g/mol. The van der Waals surface area contributed by atoms with Crippen molar-refractivity contribution in [3.8, 4) is 0 Å². The lowest BCUT2D eigenvalue weighted by atomic mass is 9.95. The number of fused-ring (bicyclic) bond motifs is 1. The molecule has 0 saturated heterocycles. The summed E-state index contributed by atoms with van der Waals surface area (Å²) in [6, 6.07) is 10.5. The Bertz CT molecular complexity index is 955. The van der Waals surface area contributed by atoms with Crippen molar-refractivity contribution in [2.45, 2.75) is 30.0 Å². The number of aliphatic carboxylic acids is 1. The van der Waals surface area contributed by atoms with Crippen molar-refractivity contribution in [3.63, 3.8) is 0 Å². The van der Waals surface area contributed by atoms with Crippen molar-refractivity contribution in [1.29, 1.82) is 0 Å². The molecule has 0 fully saturated rings. The Morgan fingerprint density at radius 3 is 2.33 bits per heavy atom. The van der Waals surface area contributed by atoms with Crippen molar-refractivity contribution in [3.05, 3.63) is 65.2 Å². The zero-order valence-electron chi connectivity index (χ0n) is 14.0. The van der Waals surface area contributed by atoms with Crippen molar-refractivity contribution in [2.24, 2.45) is 0 Å². The lowest BCUT2D eigenvalue weighted by Crippen LogP contribution is -2.39. The van der Waals surface area contributed by atoms with E-state index in [0.717, 1.165) is 16.4 Å². The van der Waals surface area contributed by atoms with Gasteiger partial charge in [-0.3, -0.25) is 4.79 Å². The maximum Gasteiger partial charge on any atom is 0.416 e. The number of sulfonamides is 1. The lowest BCUT2D eigenvalue weighted by Gasteiger charge is -2.33. The molecule has 1 unspecified atom stereocenters. The first-order valence-corrected chi connectivity index (χ1v) is 9.50. The van der Waals surface area contributed by atoms with Gasteiger partial charge >= 0.3 is 12.1 Å². The smallest absolute Gasteiger partial charge is 0.416 e. The minimum Gasteiger partial charge on any atom is -0.481 e. The number of hydrogen-bond acceptors (Lipinski definition) is 3. The molecule has 0 amide bonds. The highest BCUT2D eigenvalue weighted by atomic mass is 32.2. The summed E-state index contributed by atoms with van der Waals surface area (Å²) < 4.78 is 64.9. The minimum atomic E-state index is -4.47. The molecule has 0 radical (unpaired) electrons. The van der Waals surface area contributed by atoms with Crippen LogP contribution in [-0.2, 0) is 27.5 Å². The van der Waals surface area contributed by atoms with Crippen LogP contribution < -0.4 is 0 Å². The molecule has 5 nitrogen and oxygen atoms in total. The van der Waals surface area contributed by atoms with Gasteiger partial charge in [0.05, 0.1) is 16.9 Å². The first-order valence-electron chi connectivity index (χ1n) is 8.06. The zero-order valence-corrected chi connectivity index (χ0v) is 14.8. The highest BCUT2D eigenvalue weighted by Crippen LogP contribution is 2.36. The highest BCUT2D eigenvalue weighted by Gasteiger charge is 2.37. The van der Waals surface area contributed by atoms with E-state index < -0.39 is 33.7 Å². The largest absolute Gasteiger partial charge is 0.481 e. The van der Waals surface area contributed by atoms with Crippen LogP contribution in [0.15, 0.2) is 53.4 Å². The summed E-state index contributed by atoms with van der Waals surface area (Å²) in [7, 11) is -3.87. The Balaban J connectivity index is 1.92. The minimum absolute atomic E-state index is 0.0365. The van der Waals surface area contributed by atoms with E-state index in [9.17, 15) is 26.4 Å². The van der Waals surface area contributed by atoms with Crippen LogP contribution in [0, 0.1) is 0 Å². The van der Waals surface area contributed by atoms with Crippen LogP contribution in [0.4, 0.5) is 13.2 Å². The van der Waals surface area contributed by atoms with Gasteiger partial charge in [0.25, 0.3) is 0 Å². The molecule has 2 aromatic carbocycles. The van der Waals surface area contributed by atoms with Crippen LogP contribution in [0.2, 0.25) is 0 Å². The maximum absolute atomic E-state index is 12.9. The Morgan fingerprint density at radius 2 is 1.74 bits per heavy atom. The van der Waals surface area contributed by atoms with E-state index in [0.29, 0.717) is 11.1 Å². The third-order valence-corrected chi connectivity index (χ3v) is 6.35. The summed E-state index contributed by atoms with van der Waals surface area (Å²) in [4.78, 5) is 11.2. The third kappa shape index (κ3) is 3.98. The predicted molar refractivity (Wildman–Crippen MR) is 90.5 cm³/mol. The second kappa shape index (κ2) is 6.97. The topological polar surface area (TPSA) is 74.7 Å². The van der Waals surface area contributed by atoms with Crippen LogP contribution >= 0.6 is 0 Å². The van der Waals surface area contributed by atoms with Crippen LogP contribution in [0.3, 0.4) is 0 Å². The van der Waals surface area contributed by atoms with Crippen LogP contribution in [0.1, 0.15) is 29.0 Å². The number of carbonyl (C=O) groups is 1. The van der Waals surface area contributed by atoms with E-state index in [2.05, 4.69) is 0 Å². The molecular formula is C18H16F3NO4S. The average Bonchev–Trinajstić information content (AvgIpc) is 2.59. The highest BCUT2D eigenvalue weighted by molar-refractivity contribution is 7.89. The van der Waals surface area contributed by atoms with E-state index in [4.69, 9.17) is 5.11 Å². The summed E-state index contributed by atoms with van der Waals surface area (Å²) in [5, 5.41) is 9.13. The quantitative estimate of drug-likeness (QED) is 0.854. The van der Waals surface area contributed by atoms with Gasteiger partial charge < -0.3 is 5.11 Å². The Kier molecular flexibility index (Phi) is 5.00. The number of nitrogens with zero attached hydrogens (tertiary/aromatic N) is 1. The molecule has 0 saturated carbocycles. The van der Waals surface area contributed by atoms with E-state index in [-0.39, 0.29) is 24.4 Å². The fourth-order valence-corrected chi connectivity index (χ4v) is 4.93. The van der Waals surface area contributed by atoms with Gasteiger partial charge in [0.15, 0.2) is 0 Å². The number of halogens is 3. The van der Waals surface area contributed by atoms with Crippen molar-refractivity contribution >= 4 is 16.0 Å². The Labute approximate surface area is 154 Å². The fourth-order valence-electron chi connectivity index (χ4n) is 3.17. The molecule has 1 atom stereocenters. The van der Waals surface area contributed by atoms with Crippen LogP contribution in [-0.4, -0.2) is 30.3 Å². The molecule has 1 aliphatic heterocycles. The molecule has 144 valence electrons. The van der Waals surface area contributed by atoms with E-state index in [1.54, 1.807) is 18.2 Å². The van der Waals surface area contributed by atoms with E-state index in [1.165, 1.54) is 18.2 Å². The number of carboxylic acid groups (broad SMARTS) is 1. The number of alkyl halides is 3. The Hall–Kier alpha value is -2.39. The molecule has 0 aromatic heterocycles. The van der Waals surface area contributed by atoms with Crippen LogP contribution in [0.5, 0.6) is 0 Å². The van der Waals surface area contributed by atoms with Gasteiger partial charge in [0.2, 0.25) is 10.0 Å². The SMILES string of the molecule is O=C(O)CC1CN(Cc2ccc(C(F)(F)F)cc2)S(=O)(=O)c2ccccc21. The number of carboxylic acids is 1. The molecule has 3 rings (SSSR count). The van der Waals surface area contributed by atoms with Gasteiger partial charge in [-0.2, -0.15) is 17.5 Å². The van der Waals surface area contributed by atoms with Gasteiger partial charge in [-0.05, 0) is 29.3 Å². The number of benzene rings is 2. The van der Waals surface area contributed by atoms with E-state index >= 15 is 0 Å². The summed E-state index contributed by atoms with van der Waals surface area (Å²) in [5.74, 6) is -1.58. The molecule has 2 aromatic rings. The summed E-state index contributed by atoms with van der Waals surface area (Å²) >= 11 is 0. The average molecular weight is 399 g/mol. The van der Waals surface area contributed by atoms with Gasteiger partial charge in [-0.25, -0.2) is 8.42 Å². The first-order chi connectivity index (χ1) is 12.6. The normalized spacial score (nSPS) is 19.4. The standard InChI is InChI=1S/C18H16F3NO4S/c19-18(20,21)14-7-5-12(6-8-14)10-22-11-13(9-17(23)24)15-3-1-2-4-16(15)27(22,25)26/h1-8,13H,9-11H2,(H,23,24). The first kappa shape index (κ1) is 19.4.